The molecule has 0 aromatic heterocycles. The molecule has 1 atom stereocenters. The molecule has 0 radical (unpaired) electrons. The van der Waals surface area contributed by atoms with Gasteiger partial charge in [-0.3, -0.25) is 10.1 Å². The molecule has 1 aromatic rings. The first-order valence-corrected chi connectivity index (χ1v) is 4.82. The molecule has 0 unspecified atom stereocenters. The highest BCUT2D eigenvalue weighted by molar-refractivity contribution is 5.85. The van der Waals surface area contributed by atoms with E-state index in [0.717, 1.165) is 5.56 Å². The van der Waals surface area contributed by atoms with E-state index in [0.29, 0.717) is 0 Å². The highest BCUT2D eigenvalue weighted by Gasteiger charge is 2.22. The van der Waals surface area contributed by atoms with Gasteiger partial charge in [-0.1, -0.05) is 32.9 Å². The Morgan fingerprint density at radius 3 is 2.00 bits per heavy atom. The summed E-state index contributed by atoms with van der Waals surface area (Å²) < 4.78 is 0. The first kappa shape index (κ1) is 14.9. The maximum Gasteiger partial charge on any atom is 0.269 e. The van der Waals surface area contributed by atoms with Crippen LogP contribution in [-0.4, -0.2) is 4.92 Å². The molecule has 1 rings (SSSR count). The van der Waals surface area contributed by atoms with Gasteiger partial charge in [-0.15, -0.1) is 12.4 Å². The number of non-ortho nitro benzene ring substituents is 1. The Bertz CT molecular complexity index is 357. The highest BCUT2D eigenvalue weighted by atomic mass is 35.5. The molecule has 0 saturated heterocycles. The molecule has 0 aliphatic rings. The van der Waals surface area contributed by atoms with Crippen LogP contribution in [0.15, 0.2) is 24.3 Å². The molecule has 2 N–H and O–H groups in total. The number of benzene rings is 1. The minimum Gasteiger partial charge on any atom is -0.324 e. The molecule has 1 aromatic carbocycles. The van der Waals surface area contributed by atoms with Gasteiger partial charge in [0.25, 0.3) is 5.69 Å². The summed E-state index contributed by atoms with van der Waals surface area (Å²) in [4.78, 5) is 10.0. The normalized spacial score (nSPS) is 12.8. The van der Waals surface area contributed by atoms with E-state index >= 15 is 0 Å². The highest BCUT2D eigenvalue weighted by Crippen LogP contribution is 2.30. The lowest BCUT2D eigenvalue weighted by Crippen LogP contribution is -2.26. The van der Waals surface area contributed by atoms with Crippen molar-refractivity contribution in [3.05, 3.63) is 39.9 Å². The summed E-state index contributed by atoms with van der Waals surface area (Å²) in [7, 11) is 0. The number of nitrogens with two attached hydrogens (primary N) is 1. The molecule has 0 bridgehead atoms. The second-order valence-electron chi connectivity index (χ2n) is 4.69. The predicted molar refractivity (Wildman–Crippen MR) is 66.7 cm³/mol. The molecule has 0 heterocycles. The van der Waals surface area contributed by atoms with Crippen LogP contribution in [0.4, 0.5) is 5.69 Å². The van der Waals surface area contributed by atoms with E-state index in [9.17, 15) is 10.1 Å². The minimum atomic E-state index is -0.410. The third-order valence-electron chi connectivity index (χ3n) is 2.40. The van der Waals surface area contributed by atoms with Gasteiger partial charge in [0.05, 0.1) is 4.92 Å². The zero-order chi connectivity index (χ0) is 11.6. The van der Waals surface area contributed by atoms with Crippen LogP contribution in [0.5, 0.6) is 0 Å². The third-order valence-corrected chi connectivity index (χ3v) is 2.40. The van der Waals surface area contributed by atoms with Gasteiger partial charge >= 0.3 is 0 Å². The smallest absolute Gasteiger partial charge is 0.269 e. The fourth-order valence-electron chi connectivity index (χ4n) is 1.30. The van der Waals surface area contributed by atoms with E-state index in [1.807, 2.05) is 20.8 Å². The van der Waals surface area contributed by atoms with Crippen LogP contribution in [0.2, 0.25) is 0 Å². The lowest BCUT2D eigenvalue weighted by molar-refractivity contribution is -0.384. The van der Waals surface area contributed by atoms with Crippen LogP contribution in [0, 0.1) is 15.5 Å². The summed E-state index contributed by atoms with van der Waals surface area (Å²) >= 11 is 0. The topological polar surface area (TPSA) is 69.2 Å². The standard InChI is InChI=1S/C11H16N2O2.ClH/c1-11(2,3)10(12)8-4-6-9(7-5-8)13(14)15;/h4-7,10H,12H2,1-3H3;1H/t10-;/m0./s1. The van der Waals surface area contributed by atoms with Gasteiger partial charge in [0, 0.05) is 18.2 Å². The summed E-state index contributed by atoms with van der Waals surface area (Å²) in [6, 6.07) is 6.29. The number of nitro groups is 1. The van der Waals surface area contributed by atoms with Crippen LogP contribution in [-0.2, 0) is 0 Å². The lowest BCUT2D eigenvalue weighted by Gasteiger charge is -2.27. The summed E-state index contributed by atoms with van der Waals surface area (Å²) in [5.74, 6) is 0. The quantitative estimate of drug-likeness (QED) is 0.642. The van der Waals surface area contributed by atoms with Crippen molar-refractivity contribution in [1.29, 1.82) is 0 Å². The second-order valence-corrected chi connectivity index (χ2v) is 4.69. The van der Waals surface area contributed by atoms with E-state index < -0.39 is 4.92 Å². The fourth-order valence-corrected chi connectivity index (χ4v) is 1.30. The van der Waals surface area contributed by atoms with E-state index in [-0.39, 0.29) is 29.6 Å². The lowest BCUT2D eigenvalue weighted by atomic mass is 9.83. The molecule has 5 heteroatoms. The van der Waals surface area contributed by atoms with Crippen molar-refractivity contribution in [1.82, 2.24) is 0 Å². The second kappa shape index (κ2) is 5.27. The van der Waals surface area contributed by atoms with Crippen molar-refractivity contribution in [2.75, 3.05) is 0 Å². The van der Waals surface area contributed by atoms with Crippen molar-refractivity contribution in [3.8, 4) is 0 Å². The van der Waals surface area contributed by atoms with Gasteiger partial charge in [-0.25, -0.2) is 0 Å². The zero-order valence-corrected chi connectivity index (χ0v) is 10.5. The van der Waals surface area contributed by atoms with E-state index in [1.165, 1.54) is 12.1 Å². The third kappa shape index (κ3) is 3.47. The SMILES string of the molecule is CC(C)(C)[C@@H](N)c1ccc([N+](=O)[O-])cc1.Cl. The van der Waals surface area contributed by atoms with Crippen molar-refractivity contribution >= 4 is 18.1 Å². The summed E-state index contributed by atoms with van der Waals surface area (Å²) in [5.41, 5.74) is 7.00. The van der Waals surface area contributed by atoms with Crippen LogP contribution in [0.1, 0.15) is 32.4 Å². The summed E-state index contributed by atoms with van der Waals surface area (Å²) in [6.45, 7) is 6.12. The summed E-state index contributed by atoms with van der Waals surface area (Å²) in [5, 5.41) is 10.5. The van der Waals surface area contributed by atoms with Gasteiger partial charge in [0.2, 0.25) is 0 Å². The van der Waals surface area contributed by atoms with Crippen LogP contribution in [0.3, 0.4) is 0 Å². The Labute approximate surface area is 101 Å². The van der Waals surface area contributed by atoms with E-state index in [2.05, 4.69) is 0 Å². The maximum atomic E-state index is 10.5. The van der Waals surface area contributed by atoms with Gasteiger partial charge in [0.1, 0.15) is 0 Å². The number of nitro benzene ring substituents is 1. The molecule has 0 saturated carbocycles. The Balaban J connectivity index is 0.00000225. The average Bonchev–Trinajstić information content (AvgIpc) is 2.15. The molecule has 4 nitrogen and oxygen atoms in total. The first-order chi connectivity index (χ1) is 6.82. The molecular formula is C11H17ClN2O2. The predicted octanol–water partition coefficient (Wildman–Crippen LogP) is 3.06. The molecule has 0 spiro atoms. The maximum absolute atomic E-state index is 10.5. The van der Waals surface area contributed by atoms with E-state index in [1.54, 1.807) is 12.1 Å². The Hall–Kier alpha value is -1.13. The Morgan fingerprint density at radius 1 is 1.25 bits per heavy atom. The van der Waals surface area contributed by atoms with Crippen LogP contribution < -0.4 is 5.73 Å². The zero-order valence-electron chi connectivity index (χ0n) is 9.64. The Morgan fingerprint density at radius 2 is 1.69 bits per heavy atom. The summed E-state index contributed by atoms with van der Waals surface area (Å²) in [6.07, 6.45) is 0. The van der Waals surface area contributed by atoms with Gasteiger partial charge in [-0.2, -0.15) is 0 Å². The Kier molecular flexibility index (Phi) is 4.90. The number of rotatable bonds is 2. The van der Waals surface area contributed by atoms with Crippen LogP contribution >= 0.6 is 12.4 Å². The number of nitrogens with zero attached hydrogens (tertiary/aromatic N) is 1. The number of halogens is 1. The van der Waals surface area contributed by atoms with Gasteiger partial charge in [0.15, 0.2) is 0 Å². The van der Waals surface area contributed by atoms with Crippen molar-refractivity contribution in [2.45, 2.75) is 26.8 Å². The number of hydrogen-bond acceptors (Lipinski definition) is 3. The number of hydrogen-bond donors (Lipinski definition) is 1. The van der Waals surface area contributed by atoms with Gasteiger partial charge < -0.3 is 5.73 Å². The van der Waals surface area contributed by atoms with Crippen LogP contribution in [0.25, 0.3) is 0 Å². The molecule has 0 aliphatic heterocycles. The molecule has 90 valence electrons. The molecular weight excluding hydrogens is 228 g/mol. The molecule has 0 aliphatic carbocycles. The molecule has 0 fully saturated rings. The first-order valence-electron chi connectivity index (χ1n) is 4.82. The van der Waals surface area contributed by atoms with E-state index in [4.69, 9.17) is 5.73 Å². The fraction of sp³-hybridized carbons (Fsp3) is 0.455. The minimum absolute atomic E-state index is 0. The van der Waals surface area contributed by atoms with Crippen molar-refractivity contribution in [3.63, 3.8) is 0 Å². The molecule has 0 amide bonds. The molecule has 16 heavy (non-hydrogen) atoms. The van der Waals surface area contributed by atoms with Crippen molar-refractivity contribution in [2.24, 2.45) is 11.1 Å². The monoisotopic (exact) mass is 244 g/mol. The van der Waals surface area contributed by atoms with Gasteiger partial charge in [-0.05, 0) is 11.0 Å². The average molecular weight is 245 g/mol. The van der Waals surface area contributed by atoms with Crippen molar-refractivity contribution < 1.29 is 4.92 Å². The largest absolute Gasteiger partial charge is 0.324 e.